The van der Waals surface area contributed by atoms with Crippen molar-refractivity contribution in [1.29, 1.82) is 0 Å². The molecule has 0 unspecified atom stereocenters. The molecule has 1 aromatic carbocycles. The lowest BCUT2D eigenvalue weighted by molar-refractivity contribution is 0.590. The van der Waals surface area contributed by atoms with Crippen molar-refractivity contribution in [2.45, 2.75) is 19.8 Å². The topological polar surface area (TPSA) is 12.9 Å². The summed E-state index contributed by atoms with van der Waals surface area (Å²) in [5.74, 6) is -1.28. The van der Waals surface area contributed by atoms with Gasteiger partial charge < -0.3 is 0 Å². The van der Waals surface area contributed by atoms with Crippen LogP contribution in [0.5, 0.6) is 0 Å². The van der Waals surface area contributed by atoms with Crippen LogP contribution in [-0.2, 0) is 6.42 Å². The Bertz CT molecular complexity index is 540. The first-order valence-electron chi connectivity index (χ1n) is 5.06. The van der Waals surface area contributed by atoms with Gasteiger partial charge in [-0.25, -0.2) is 13.8 Å². The highest BCUT2D eigenvalue weighted by Gasteiger charge is 2.09. The van der Waals surface area contributed by atoms with Crippen LogP contribution in [0.3, 0.4) is 0 Å². The van der Waals surface area contributed by atoms with Gasteiger partial charge in [-0.3, -0.25) is 0 Å². The van der Waals surface area contributed by atoms with Crippen molar-refractivity contribution in [3.05, 3.63) is 40.6 Å². The number of aryl methyl sites for hydroxylation is 1. The molecule has 0 atom stereocenters. The third-order valence-electron chi connectivity index (χ3n) is 2.38. The van der Waals surface area contributed by atoms with Gasteiger partial charge in [0.05, 0.1) is 0 Å². The van der Waals surface area contributed by atoms with Crippen molar-refractivity contribution >= 4 is 22.5 Å². The summed E-state index contributed by atoms with van der Waals surface area (Å²) < 4.78 is 26.4. The zero-order valence-corrected chi connectivity index (χ0v) is 9.48. The van der Waals surface area contributed by atoms with Crippen molar-refractivity contribution < 1.29 is 8.78 Å². The largest absolute Gasteiger partial charge is 0.233 e. The zero-order chi connectivity index (χ0) is 11.7. The fraction of sp³-hybridized carbons (Fsp3) is 0.250. The maximum Gasteiger partial charge on any atom is 0.152 e. The molecule has 0 aliphatic heterocycles. The lowest BCUT2D eigenvalue weighted by atomic mass is 10.1. The number of aromatic nitrogens is 1. The van der Waals surface area contributed by atoms with Crippen molar-refractivity contribution in [2.24, 2.45) is 0 Å². The highest BCUT2D eigenvalue weighted by Crippen LogP contribution is 2.24. The van der Waals surface area contributed by atoms with E-state index in [0.29, 0.717) is 10.5 Å². The Hall–Kier alpha value is -1.22. The molecule has 0 radical (unpaired) electrons. The highest BCUT2D eigenvalue weighted by molar-refractivity contribution is 6.30. The summed E-state index contributed by atoms with van der Waals surface area (Å²) in [5, 5.41) is 0.741. The number of halogens is 3. The van der Waals surface area contributed by atoms with Gasteiger partial charge in [0.2, 0.25) is 0 Å². The van der Waals surface area contributed by atoms with Crippen LogP contribution in [0.2, 0.25) is 5.15 Å². The molecule has 1 heterocycles. The van der Waals surface area contributed by atoms with Gasteiger partial charge in [0.1, 0.15) is 16.5 Å². The molecule has 0 aliphatic carbocycles. The normalized spacial score (nSPS) is 11.0. The van der Waals surface area contributed by atoms with Gasteiger partial charge in [-0.1, -0.05) is 24.9 Å². The zero-order valence-electron chi connectivity index (χ0n) is 8.73. The maximum atomic E-state index is 13.4. The van der Waals surface area contributed by atoms with E-state index in [2.05, 4.69) is 4.98 Å². The van der Waals surface area contributed by atoms with Gasteiger partial charge in [0.25, 0.3) is 0 Å². The van der Waals surface area contributed by atoms with E-state index in [4.69, 9.17) is 11.6 Å². The van der Waals surface area contributed by atoms with Crippen LogP contribution in [0.15, 0.2) is 18.2 Å². The number of pyridine rings is 1. The molecule has 0 aliphatic rings. The van der Waals surface area contributed by atoms with Crippen LogP contribution >= 0.6 is 11.6 Å². The van der Waals surface area contributed by atoms with Crippen molar-refractivity contribution in [3.63, 3.8) is 0 Å². The van der Waals surface area contributed by atoms with Gasteiger partial charge >= 0.3 is 0 Å². The number of hydrogen-bond donors (Lipinski definition) is 0. The Morgan fingerprint density at radius 3 is 2.69 bits per heavy atom. The van der Waals surface area contributed by atoms with E-state index in [1.165, 1.54) is 6.07 Å². The first-order valence-corrected chi connectivity index (χ1v) is 5.43. The van der Waals surface area contributed by atoms with E-state index in [-0.39, 0.29) is 5.52 Å². The molecule has 1 aromatic heterocycles. The van der Waals surface area contributed by atoms with Crippen LogP contribution in [0.25, 0.3) is 10.9 Å². The Labute approximate surface area is 97.1 Å². The maximum absolute atomic E-state index is 13.4. The third kappa shape index (κ3) is 2.00. The van der Waals surface area contributed by atoms with E-state index in [9.17, 15) is 8.78 Å². The number of fused-ring (bicyclic) bond motifs is 1. The van der Waals surface area contributed by atoms with Crippen molar-refractivity contribution in [1.82, 2.24) is 4.98 Å². The summed E-state index contributed by atoms with van der Waals surface area (Å²) in [6, 6.07) is 3.77. The van der Waals surface area contributed by atoms with E-state index < -0.39 is 11.6 Å². The quantitative estimate of drug-likeness (QED) is 0.721. The summed E-state index contributed by atoms with van der Waals surface area (Å²) in [6.07, 6.45) is 1.66. The lowest BCUT2D eigenvalue weighted by Crippen LogP contribution is -1.93. The van der Waals surface area contributed by atoms with E-state index in [1.54, 1.807) is 6.07 Å². The van der Waals surface area contributed by atoms with Gasteiger partial charge in [0.15, 0.2) is 5.82 Å². The van der Waals surface area contributed by atoms with Gasteiger partial charge in [0, 0.05) is 11.5 Å². The van der Waals surface area contributed by atoms with Crippen LogP contribution in [0, 0.1) is 11.6 Å². The molecular formula is C12H10ClF2N. The fourth-order valence-electron chi connectivity index (χ4n) is 1.68. The second-order valence-electron chi connectivity index (χ2n) is 3.65. The molecule has 0 N–H and O–H groups in total. The summed E-state index contributed by atoms with van der Waals surface area (Å²) in [4.78, 5) is 3.96. The average Bonchev–Trinajstić information content (AvgIpc) is 2.21. The second-order valence-corrected chi connectivity index (χ2v) is 4.01. The molecule has 0 amide bonds. The smallest absolute Gasteiger partial charge is 0.152 e. The molecule has 2 aromatic rings. The van der Waals surface area contributed by atoms with Crippen LogP contribution in [0.4, 0.5) is 8.78 Å². The summed E-state index contributed by atoms with van der Waals surface area (Å²) >= 11 is 5.92. The summed E-state index contributed by atoms with van der Waals surface area (Å²) in [5.41, 5.74) is 0.938. The monoisotopic (exact) mass is 241 g/mol. The Morgan fingerprint density at radius 2 is 2.00 bits per heavy atom. The first-order chi connectivity index (χ1) is 7.61. The Kier molecular flexibility index (Phi) is 3.06. The molecule has 0 saturated heterocycles. The minimum Gasteiger partial charge on any atom is -0.233 e. The molecular weight excluding hydrogens is 232 g/mol. The molecule has 0 saturated carbocycles. The molecule has 84 valence electrons. The predicted molar refractivity (Wildman–Crippen MR) is 60.7 cm³/mol. The van der Waals surface area contributed by atoms with Crippen molar-refractivity contribution in [3.8, 4) is 0 Å². The van der Waals surface area contributed by atoms with Gasteiger partial charge in [-0.2, -0.15) is 0 Å². The van der Waals surface area contributed by atoms with E-state index in [0.717, 1.165) is 24.5 Å². The number of rotatable bonds is 2. The van der Waals surface area contributed by atoms with E-state index >= 15 is 0 Å². The standard InChI is InChI=1S/C12H10ClF2N/c1-2-3-7-4-8-5-9(14)6-10(15)11(8)16-12(7)13/h4-6H,2-3H2,1H3. The van der Waals surface area contributed by atoms with Crippen LogP contribution in [0.1, 0.15) is 18.9 Å². The SMILES string of the molecule is CCCc1cc2cc(F)cc(F)c2nc1Cl. The molecule has 0 bridgehead atoms. The highest BCUT2D eigenvalue weighted by atomic mass is 35.5. The van der Waals surface area contributed by atoms with Gasteiger partial charge in [-0.05, 0) is 24.1 Å². The summed E-state index contributed by atoms with van der Waals surface area (Å²) in [6.45, 7) is 2.01. The average molecular weight is 242 g/mol. The third-order valence-corrected chi connectivity index (χ3v) is 2.71. The number of benzene rings is 1. The fourth-order valence-corrected chi connectivity index (χ4v) is 1.91. The second kappa shape index (κ2) is 4.34. The van der Waals surface area contributed by atoms with Crippen LogP contribution in [-0.4, -0.2) is 4.98 Å². The summed E-state index contributed by atoms with van der Waals surface area (Å²) in [7, 11) is 0. The minimum atomic E-state index is -0.681. The molecule has 2 rings (SSSR count). The minimum absolute atomic E-state index is 0.117. The molecule has 1 nitrogen and oxygen atoms in total. The first kappa shape index (κ1) is 11.3. The molecule has 4 heteroatoms. The number of hydrogen-bond acceptors (Lipinski definition) is 1. The van der Waals surface area contributed by atoms with E-state index in [1.807, 2.05) is 6.92 Å². The Morgan fingerprint density at radius 1 is 1.25 bits per heavy atom. The number of nitrogens with zero attached hydrogens (tertiary/aromatic N) is 1. The molecule has 0 spiro atoms. The lowest BCUT2D eigenvalue weighted by Gasteiger charge is -2.05. The molecule has 16 heavy (non-hydrogen) atoms. The Balaban J connectivity index is 2.69. The van der Waals surface area contributed by atoms with Crippen molar-refractivity contribution in [2.75, 3.05) is 0 Å². The molecule has 0 fully saturated rings. The van der Waals surface area contributed by atoms with Crippen LogP contribution < -0.4 is 0 Å². The predicted octanol–water partition coefficient (Wildman–Crippen LogP) is 4.12. The van der Waals surface area contributed by atoms with Gasteiger partial charge in [-0.15, -0.1) is 0 Å².